The lowest BCUT2D eigenvalue weighted by atomic mass is 10.1. The largest absolute Gasteiger partial charge is 0.418 e. The Bertz CT molecular complexity index is 906. The van der Waals surface area contributed by atoms with Crippen LogP contribution in [0.25, 0.3) is 0 Å². The summed E-state index contributed by atoms with van der Waals surface area (Å²) < 4.78 is 41.4. The second-order valence-electron chi connectivity index (χ2n) is 5.01. The van der Waals surface area contributed by atoms with E-state index in [1.54, 1.807) is 6.07 Å². The summed E-state index contributed by atoms with van der Waals surface area (Å²) in [6, 6.07) is 5.39. The van der Waals surface area contributed by atoms with Crippen LogP contribution in [-0.4, -0.2) is 16.9 Å². The summed E-state index contributed by atoms with van der Waals surface area (Å²) in [4.78, 5) is 21.0. The van der Waals surface area contributed by atoms with Crippen LogP contribution in [0.15, 0.2) is 39.3 Å². The van der Waals surface area contributed by atoms with Crippen LogP contribution in [0.4, 0.5) is 35.9 Å². The summed E-state index contributed by atoms with van der Waals surface area (Å²) in [6.07, 6.45) is -5.04. The molecule has 0 amide bonds. The molecule has 0 fully saturated rings. The standard InChI is InChI=1S/C14H8Br2F3N3O4/c1-20(10-4-2-3-9(15)12(10)16)13-8(14(17,18)19)5-7(21(23)24)6-11(13)22(25)26/h2-6H,1H3. The van der Waals surface area contributed by atoms with Gasteiger partial charge in [0.05, 0.1) is 31.6 Å². The van der Waals surface area contributed by atoms with Crippen molar-refractivity contribution in [3.63, 3.8) is 0 Å². The van der Waals surface area contributed by atoms with Crippen LogP contribution >= 0.6 is 31.9 Å². The Labute approximate surface area is 161 Å². The normalized spacial score (nSPS) is 11.3. The third kappa shape index (κ3) is 3.80. The predicted octanol–water partition coefficient (Wildman–Crippen LogP) is 5.81. The first kappa shape index (κ1) is 20.1. The van der Waals surface area contributed by atoms with E-state index in [-0.39, 0.29) is 11.8 Å². The number of hydrogen-bond donors (Lipinski definition) is 0. The van der Waals surface area contributed by atoms with Gasteiger partial charge in [-0.1, -0.05) is 6.07 Å². The number of nitro groups is 2. The van der Waals surface area contributed by atoms with E-state index in [0.29, 0.717) is 15.0 Å². The van der Waals surface area contributed by atoms with E-state index in [1.165, 1.54) is 19.2 Å². The third-order valence-electron chi connectivity index (χ3n) is 3.42. The van der Waals surface area contributed by atoms with E-state index in [9.17, 15) is 33.4 Å². The van der Waals surface area contributed by atoms with Crippen LogP contribution in [-0.2, 0) is 6.18 Å². The van der Waals surface area contributed by atoms with Gasteiger partial charge < -0.3 is 4.90 Å². The number of benzene rings is 2. The molecule has 0 atom stereocenters. The molecule has 0 unspecified atom stereocenters. The molecule has 0 heterocycles. The Morgan fingerprint density at radius 1 is 1.08 bits per heavy atom. The molecule has 2 aromatic rings. The molecule has 2 aromatic carbocycles. The van der Waals surface area contributed by atoms with Gasteiger partial charge in [-0.3, -0.25) is 20.2 Å². The van der Waals surface area contributed by atoms with E-state index < -0.39 is 38.6 Å². The van der Waals surface area contributed by atoms with Crippen LogP contribution in [0, 0.1) is 20.2 Å². The average molecular weight is 499 g/mol. The van der Waals surface area contributed by atoms with Gasteiger partial charge in [0, 0.05) is 17.6 Å². The van der Waals surface area contributed by atoms with E-state index in [4.69, 9.17) is 0 Å². The zero-order chi connectivity index (χ0) is 19.8. The number of non-ortho nitro benzene ring substituents is 1. The maximum absolute atomic E-state index is 13.5. The Hall–Kier alpha value is -2.21. The minimum absolute atomic E-state index is 0.196. The quantitative estimate of drug-likeness (QED) is 0.391. The van der Waals surface area contributed by atoms with Crippen molar-refractivity contribution in [3.05, 3.63) is 65.1 Å². The Morgan fingerprint density at radius 2 is 1.69 bits per heavy atom. The molecular weight excluding hydrogens is 491 g/mol. The highest BCUT2D eigenvalue weighted by molar-refractivity contribution is 9.13. The molecule has 0 radical (unpaired) electrons. The van der Waals surface area contributed by atoms with Gasteiger partial charge in [0.2, 0.25) is 0 Å². The van der Waals surface area contributed by atoms with E-state index >= 15 is 0 Å². The number of nitrogens with zero attached hydrogens (tertiary/aromatic N) is 3. The van der Waals surface area contributed by atoms with Crippen molar-refractivity contribution in [3.8, 4) is 0 Å². The number of hydrogen-bond acceptors (Lipinski definition) is 5. The monoisotopic (exact) mass is 497 g/mol. The van der Waals surface area contributed by atoms with Crippen molar-refractivity contribution in [2.24, 2.45) is 0 Å². The molecule has 26 heavy (non-hydrogen) atoms. The topological polar surface area (TPSA) is 89.5 Å². The zero-order valence-electron chi connectivity index (χ0n) is 12.8. The molecule has 0 aliphatic carbocycles. The van der Waals surface area contributed by atoms with Gasteiger partial charge in [-0.2, -0.15) is 13.2 Å². The van der Waals surface area contributed by atoms with E-state index in [1.807, 2.05) is 0 Å². The van der Waals surface area contributed by atoms with Gasteiger partial charge in [-0.05, 0) is 44.0 Å². The zero-order valence-corrected chi connectivity index (χ0v) is 15.9. The molecular formula is C14H8Br2F3N3O4. The van der Waals surface area contributed by atoms with Crippen LogP contribution in [0.1, 0.15) is 5.56 Å². The van der Waals surface area contributed by atoms with Crippen molar-refractivity contribution in [2.75, 3.05) is 11.9 Å². The van der Waals surface area contributed by atoms with Crippen molar-refractivity contribution in [1.82, 2.24) is 0 Å². The third-order valence-corrected chi connectivity index (χ3v) is 5.44. The highest BCUT2D eigenvalue weighted by Gasteiger charge is 2.41. The first-order valence-corrected chi connectivity index (χ1v) is 8.25. The van der Waals surface area contributed by atoms with Gasteiger partial charge in [0.25, 0.3) is 11.4 Å². The van der Waals surface area contributed by atoms with Gasteiger partial charge >= 0.3 is 6.18 Å². The summed E-state index contributed by atoms with van der Waals surface area (Å²) in [5.41, 5.74) is -4.13. The molecule has 2 rings (SSSR count). The van der Waals surface area contributed by atoms with E-state index in [2.05, 4.69) is 31.9 Å². The Balaban J connectivity index is 2.86. The minimum atomic E-state index is -5.04. The first-order chi connectivity index (χ1) is 11.9. The molecule has 0 spiro atoms. The predicted molar refractivity (Wildman–Crippen MR) is 94.7 cm³/mol. The van der Waals surface area contributed by atoms with Crippen LogP contribution in [0.3, 0.4) is 0 Å². The fourth-order valence-corrected chi connectivity index (χ4v) is 3.18. The molecule has 12 heteroatoms. The molecule has 0 saturated carbocycles. The number of alkyl halides is 3. The second-order valence-corrected chi connectivity index (χ2v) is 6.65. The highest BCUT2D eigenvalue weighted by Crippen LogP contribution is 2.47. The maximum Gasteiger partial charge on any atom is 0.418 e. The Kier molecular flexibility index (Phi) is 5.56. The van der Waals surface area contributed by atoms with Gasteiger partial charge in [-0.15, -0.1) is 0 Å². The summed E-state index contributed by atoms with van der Waals surface area (Å²) >= 11 is 6.41. The van der Waals surface area contributed by atoms with Gasteiger partial charge in [0.1, 0.15) is 5.69 Å². The minimum Gasteiger partial charge on any atom is -0.338 e. The summed E-state index contributed by atoms with van der Waals surface area (Å²) in [6.45, 7) is 0. The highest BCUT2D eigenvalue weighted by atomic mass is 79.9. The Morgan fingerprint density at radius 3 is 2.19 bits per heavy atom. The van der Waals surface area contributed by atoms with Crippen molar-refractivity contribution < 1.29 is 23.0 Å². The average Bonchev–Trinajstić information content (AvgIpc) is 2.54. The lowest BCUT2D eigenvalue weighted by Gasteiger charge is -2.24. The molecule has 7 nitrogen and oxygen atoms in total. The SMILES string of the molecule is CN(c1cccc(Br)c1Br)c1c([N+](=O)[O-])cc([N+](=O)[O-])cc1C(F)(F)F. The molecule has 0 N–H and O–H groups in total. The molecule has 0 aliphatic rings. The van der Waals surface area contributed by atoms with E-state index in [0.717, 1.165) is 4.90 Å². The van der Waals surface area contributed by atoms with Crippen molar-refractivity contribution >= 4 is 54.6 Å². The number of halogens is 5. The van der Waals surface area contributed by atoms with Crippen LogP contribution in [0.5, 0.6) is 0 Å². The van der Waals surface area contributed by atoms with Crippen LogP contribution < -0.4 is 4.90 Å². The molecule has 0 saturated heterocycles. The number of anilines is 2. The lowest BCUT2D eigenvalue weighted by molar-refractivity contribution is -0.394. The van der Waals surface area contributed by atoms with Crippen LogP contribution in [0.2, 0.25) is 0 Å². The fraction of sp³-hybridized carbons (Fsp3) is 0.143. The number of nitro benzene ring substituents is 2. The second kappa shape index (κ2) is 7.19. The molecule has 0 aliphatic heterocycles. The van der Waals surface area contributed by atoms with Gasteiger partial charge in [0.15, 0.2) is 0 Å². The first-order valence-electron chi connectivity index (χ1n) is 6.67. The molecule has 0 aromatic heterocycles. The molecule has 138 valence electrons. The lowest BCUT2D eigenvalue weighted by Crippen LogP contribution is -2.19. The molecule has 0 bridgehead atoms. The van der Waals surface area contributed by atoms with Gasteiger partial charge in [-0.25, -0.2) is 0 Å². The van der Waals surface area contributed by atoms with Crippen molar-refractivity contribution in [2.45, 2.75) is 6.18 Å². The smallest absolute Gasteiger partial charge is 0.338 e. The number of rotatable bonds is 4. The fourth-order valence-electron chi connectivity index (χ4n) is 2.29. The summed E-state index contributed by atoms with van der Waals surface area (Å²) in [7, 11) is 1.20. The van der Waals surface area contributed by atoms with Crippen molar-refractivity contribution in [1.29, 1.82) is 0 Å². The summed E-state index contributed by atoms with van der Waals surface area (Å²) in [5.74, 6) is 0. The summed E-state index contributed by atoms with van der Waals surface area (Å²) in [5, 5.41) is 22.2. The maximum atomic E-state index is 13.5.